The number of benzene rings is 2. The highest BCUT2D eigenvalue weighted by Gasteiger charge is 2.24. The van der Waals surface area contributed by atoms with E-state index in [2.05, 4.69) is 15.9 Å². The van der Waals surface area contributed by atoms with Gasteiger partial charge in [-0.1, -0.05) is 33.6 Å². The maximum atomic E-state index is 12.8. The Labute approximate surface area is 161 Å². The fraction of sp³-hybridized carbons (Fsp3) is 0.294. The van der Waals surface area contributed by atoms with Gasteiger partial charge in [0, 0.05) is 18.1 Å². The topological polar surface area (TPSA) is 55.8 Å². The van der Waals surface area contributed by atoms with Crippen LogP contribution in [0.4, 0.5) is 0 Å². The van der Waals surface area contributed by atoms with Crippen LogP contribution in [0.15, 0.2) is 45.8 Å². The van der Waals surface area contributed by atoms with E-state index in [-0.39, 0.29) is 16.5 Å². The predicted molar refractivity (Wildman–Crippen MR) is 102 cm³/mol. The average Bonchev–Trinajstić information content (AvgIpc) is 2.56. The molecule has 5 nitrogen and oxygen atoms in total. The maximum absolute atomic E-state index is 12.8. The van der Waals surface area contributed by atoms with Crippen LogP contribution < -0.4 is 9.47 Å². The molecule has 0 fully saturated rings. The number of hydrogen-bond donors (Lipinski definition) is 0. The summed E-state index contributed by atoms with van der Waals surface area (Å²) < 4.78 is 38.3. The Morgan fingerprint density at radius 2 is 1.88 bits per heavy atom. The van der Waals surface area contributed by atoms with E-state index in [4.69, 9.17) is 21.1 Å². The quantitative estimate of drug-likeness (QED) is 0.632. The Morgan fingerprint density at radius 3 is 2.48 bits per heavy atom. The molecular weight excluding hydrogens is 430 g/mol. The molecule has 0 heterocycles. The van der Waals surface area contributed by atoms with Crippen molar-refractivity contribution in [2.45, 2.75) is 18.4 Å². The van der Waals surface area contributed by atoms with Gasteiger partial charge in [-0.15, -0.1) is 0 Å². The van der Waals surface area contributed by atoms with Crippen molar-refractivity contribution in [1.29, 1.82) is 0 Å². The first-order valence-electron chi connectivity index (χ1n) is 7.50. The fourth-order valence-electron chi connectivity index (χ4n) is 2.28. The van der Waals surface area contributed by atoms with Gasteiger partial charge in [-0.2, -0.15) is 4.31 Å². The fourth-order valence-corrected chi connectivity index (χ4v) is 4.45. The molecule has 2 aromatic rings. The van der Waals surface area contributed by atoms with Gasteiger partial charge in [0.05, 0.1) is 18.7 Å². The molecule has 25 heavy (non-hydrogen) atoms. The molecule has 0 radical (unpaired) electrons. The number of rotatable bonds is 7. The third-order valence-corrected chi connectivity index (χ3v) is 6.29. The lowest BCUT2D eigenvalue weighted by molar-refractivity contribution is 0.310. The lowest BCUT2D eigenvalue weighted by Gasteiger charge is -2.19. The van der Waals surface area contributed by atoms with Crippen LogP contribution in [-0.2, 0) is 16.6 Å². The third-order valence-electron chi connectivity index (χ3n) is 3.52. The van der Waals surface area contributed by atoms with Crippen molar-refractivity contribution in [3.05, 3.63) is 51.5 Å². The summed E-state index contributed by atoms with van der Waals surface area (Å²) in [7, 11) is -0.660. The number of methoxy groups -OCH3 is 1. The van der Waals surface area contributed by atoms with Gasteiger partial charge in [0.1, 0.15) is 4.90 Å². The first-order valence-corrected chi connectivity index (χ1v) is 10.1. The summed E-state index contributed by atoms with van der Waals surface area (Å²) >= 11 is 9.36. The van der Waals surface area contributed by atoms with Crippen molar-refractivity contribution >= 4 is 37.6 Å². The van der Waals surface area contributed by atoms with Crippen LogP contribution in [0.2, 0.25) is 5.02 Å². The third kappa shape index (κ3) is 4.67. The van der Waals surface area contributed by atoms with Gasteiger partial charge < -0.3 is 9.47 Å². The van der Waals surface area contributed by atoms with Crippen molar-refractivity contribution in [3.63, 3.8) is 0 Å². The minimum Gasteiger partial charge on any atom is -0.493 e. The molecule has 0 aliphatic rings. The van der Waals surface area contributed by atoms with Gasteiger partial charge in [-0.25, -0.2) is 8.42 Å². The normalized spacial score (nSPS) is 11.6. The molecule has 2 rings (SSSR count). The van der Waals surface area contributed by atoms with E-state index in [0.717, 1.165) is 10.0 Å². The summed E-state index contributed by atoms with van der Waals surface area (Å²) in [6.45, 7) is 2.58. The summed E-state index contributed by atoms with van der Waals surface area (Å²) in [5, 5.41) is 0.172. The van der Waals surface area contributed by atoms with E-state index in [1.165, 1.54) is 17.4 Å². The van der Waals surface area contributed by atoms with Crippen LogP contribution in [0.25, 0.3) is 0 Å². The number of hydrogen-bond acceptors (Lipinski definition) is 4. The minimum absolute atomic E-state index is 0.0674. The van der Waals surface area contributed by atoms with E-state index in [0.29, 0.717) is 18.1 Å². The molecular formula is C17H19BrClNO4S. The van der Waals surface area contributed by atoms with Crippen molar-refractivity contribution < 1.29 is 17.9 Å². The van der Waals surface area contributed by atoms with E-state index in [1.807, 2.05) is 13.0 Å². The Morgan fingerprint density at radius 1 is 1.16 bits per heavy atom. The molecule has 0 bridgehead atoms. The Hall–Kier alpha value is -1.28. The molecule has 2 aromatic carbocycles. The molecule has 0 saturated carbocycles. The van der Waals surface area contributed by atoms with Gasteiger partial charge in [0.2, 0.25) is 10.0 Å². The van der Waals surface area contributed by atoms with Crippen LogP contribution in [0.5, 0.6) is 11.5 Å². The zero-order valence-electron chi connectivity index (χ0n) is 14.1. The van der Waals surface area contributed by atoms with E-state index in [9.17, 15) is 8.42 Å². The lowest BCUT2D eigenvalue weighted by atomic mass is 10.2. The Bertz CT molecular complexity index is 858. The molecule has 136 valence electrons. The van der Waals surface area contributed by atoms with Crippen LogP contribution in [0.3, 0.4) is 0 Å². The first-order chi connectivity index (χ1) is 11.8. The van der Waals surface area contributed by atoms with Gasteiger partial charge in [0.15, 0.2) is 11.5 Å². The van der Waals surface area contributed by atoms with Crippen molar-refractivity contribution in [3.8, 4) is 11.5 Å². The van der Waals surface area contributed by atoms with Crippen LogP contribution in [-0.4, -0.2) is 33.5 Å². The van der Waals surface area contributed by atoms with Crippen LogP contribution >= 0.6 is 27.5 Å². The number of halogens is 2. The van der Waals surface area contributed by atoms with Crippen molar-refractivity contribution in [2.75, 3.05) is 20.8 Å². The summed E-state index contributed by atoms with van der Waals surface area (Å²) in [5.74, 6) is 1.18. The van der Waals surface area contributed by atoms with Gasteiger partial charge in [0.25, 0.3) is 0 Å². The second-order valence-electron chi connectivity index (χ2n) is 5.25. The maximum Gasteiger partial charge on any atom is 0.244 e. The van der Waals surface area contributed by atoms with Gasteiger partial charge >= 0.3 is 0 Å². The largest absolute Gasteiger partial charge is 0.493 e. The van der Waals surface area contributed by atoms with E-state index in [1.54, 1.807) is 31.4 Å². The van der Waals surface area contributed by atoms with Gasteiger partial charge in [-0.3, -0.25) is 0 Å². The Kier molecular flexibility index (Phi) is 6.73. The molecule has 0 unspecified atom stereocenters. The van der Waals surface area contributed by atoms with Crippen LogP contribution in [0.1, 0.15) is 12.5 Å². The molecule has 0 amide bonds. The molecule has 0 saturated heterocycles. The highest BCUT2D eigenvalue weighted by Crippen LogP contribution is 2.30. The van der Waals surface area contributed by atoms with Crippen LogP contribution in [0, 0.1) is 0 Å². The van der Waals surface area contributed by atoms with Crippen molar-refractivity contribution in [1.82, 2.24) is 4.31 Å². The molecule has 0 aliphatic heterocycles. The predicted octanol–water partition coefficient (Wildman–Crippen LogP) is 4.33. The van der Waals surface area contributed by atoms with Crippen molar-refractivity contribution in [2.24, 2.45) is 0 Å². The zero-order valence-corrected chi connectivity index (χ0v) is 17.3. The second-order valence-corrected chi connectivity index (χ2v) is 8.59. The number of sulfonamides is 1. The monoisotopic (exact) mass is 447 g/mol. The molecule has 0 spiro atoms. The minimum atomic E-state index is -3.72. The molecule has 8 heteroatoms. The molecule has 0 N–H and O–H groups in total. The summed E-state index contributed by atoms with van der Waals surface area (Å²) in [6, 6.07) is 10.0. The zero-order chi connectivity index (χ0) is 18.6. The molecule has 0 aromatic heterocycles. The Balaban J connectivity index is 2.27. The average molecular weight is 449 g/mol. The lowest BCUT2D eigenvalue weighted by Crippen LogP contribution is -2.26. The molecule has 0 atom stereocenters. The SMILES string of the molecule is CCOc1ccc(CN(C)S(=O)(=O)c2ccc(Br)cc2Cl)cc1OC. The summed E-state index contributed by atoms with van der Waals surface area (Å²) in [5.41, 5.74) is 0.777. The summed E-state index contributed by atoms with van der Waals surface area (Å²) in [6.07, 6.45) is 0. The van der Waals surface area contributed by atoms with Gasteiger partial charge in [-0.05, 0) is 42.8 Å². The highest BCUT2D eigenvalue weighted by molar-refractivity contribution is 9.10. The standard InChI is InChI=1S/C17H19BrClNO4S/c1-4-24-15-7-5-12(9-16(15)23-3)11-20(2)25(21,22)17-8-6-13(18)10-14(17)19/h5-10H,4,11H2,1-3H3. The molecule has 0 aliphatic carbocycles. The number of ether oxygens (including phenoxy) is 2. The smallest absolute Gasteiger partial charge is 0.244 e. The first kappa shape index (κ1) is 20.0. The summed E-state index contributed by atoms with van der Waals surface area (Å²) in [4.78, 5) is 0.0674. The number of nitrogens with zero attached hydrogens (tertiary/aromatic N) is 1. The highest BCUT2D eigenvalue weighted by atomic mass is 79.9. The van der Waals surface area contributed by atoms with E-state index < -0.39 is 10.0 Å². The van der Waals surface area contributed by atoms with E-state index >= 15 is 0 Å². The second kappa shape index (κ2) is 8.40.